The third kappa shape index (κ3) is 7.60. The molecule has 0 bridgehead atoms. The number of carbonyl (C=O) groups is 1. The van der Waals surface area contributed by atoms with Crippen molar-refractivity contribution >= 4 is 33.5 Å². The summed E-state index contributed by atoms with van der Waals surface area (Å²) >= 11 is 5.80. The summed E-state index contributed by atoms with van der Waals surface area (Å²) in [5, 5.41) is 0.504. The van der Waals surface area contributed by atoms with Gasteiger partial charge < -0.3 is 9.47 Å². The van der Waals surface area contributed by atoms with E-state index in [4.69, 9.17) is 21.1 Å². The first-order chi connectivity index (χ1) is 14.9. The van der Waals surface area contributed by atoms with Crippen molar-refractivity contribution in [2.24, 2.45) is 0 Å². The largest absolute Gasteiger partial charge is 0.482 e. The SMILES string of the molecule is O=C(COc1ccccc1CNS(=O)(=O)Nc1ccc(Cl)cc1)OCc1ccccc1. The van der Waals surface area contributed by atoms with E-state index in [2.05, 4.69) is 9.44 Å². The fourth-order valence-electron chi connectivity index (χ4n) is 2.59. The minimum Gasteiger partial charge on any atom is -0.482 e. The van der Waals surface area contributed by atoms with Crippen molar-refractivity contribution in [2.45, 2.75) is 13.2 Å². The number of esters is 1. The van der Waals surface area contributed by atoms with Gasteiger partial charge in [-0.2, -0.15) is 13.1 Å². The van der Waals surface area contributed by atoms with Crippen molar-refractivity contribution in [1.82, 2.24) is 4.72 Å². The second-order valence-electron chi connectivity index (χ2n) is 6.48. The highest BCUT2D eigenvalue weighted by Crippen LogP contribution is 2.19. The fourth-order valence-corrected chi connectivity index (χ4v) is 3.58. The zero-order valence-corrected chi connectivity index (χ0v) is 18.0. The molecule has 2 N–H and O–H groups in total. The van der Waals surface area contributed by atoms with Crippen molar-refractivity contribution in [2.75, 3.05) is 11.3 Å². The van der Waals surface area contributed by atoms with Crippen molar-refractivity contribution in [3.63, 3.8) is 0 Å². The van der Waals surface area contributed by atoms with Gasteiger partial charge in [-0.1, -0.05) is 60.1 Å². The molecule has 0 aliphatic rings. The zero-order chi connectivity index (χ0) is 22.1. The number of carbonyl (C=O) groups excluding carboxylic acids is 1. The quantitative estimate of drug-likeness (QED) is 0.447. The van der Waals surface area contributed by atoms with E-state index in [1.807, 2.05) is 30.3 Å². The Morgan fingerprint density at radius 1 is 0.903 bits per heavy atom. The third-order valence-corrected chi connectivity index (χ3v) is 5.39. The molecule has 0 radical (unpaired) electrons. The van der Waals surface area contributed by atoms with E-state index in [0.717, 1.165) is 5.56 Å². The average Bonchev–Trinajstić information content (AvgIpc) is 2.77. The van der Waals surface area contributed by atoms with Crippen molar-refractivity contribution in [3.05, 3.63) is 95.0 Å². The van der Waals surface area contributed by atoms with Crippen LogP contribution in [0, 0.1) is 0 Å². The normalized spacial score (nSPS) is 11.0. The van der Waals surface area contributed by atoms with Crippen LogP contribution in [0.5, 0.6) is 5.75 Å². The molecule has 0 saturated heterocycles. The highest BCUT2D eigenvalue weighted by atomic mass is 35.5. The lowest BCUT2D eigenvalue weighted by Crippen LogP contribution is -2.29. The number of para-hydroxylation sites is 1. The monoisotopic (exact) mass is 460 g/mol. The standard InChI is InChI=1S/C22H21ClN2O5S/c23-19-10-12-20(13-11-19)25-31(27,28)24-14-18-8-4-5-9-21(18)29-16-22(26)30-15-17-6-2-1-3-7-17/h1-13,24-25H,14-16H2. The van der Waals surface area contributed by atoms with Gasteiger partial charge in [-0.25, -0.2) is 4.79 Å². The molecule has 31 heavy (non-hydrogen) atoms. The van der Waals surface area contributed by atoms with E-state index in [0.29, 0.717) is 22.0 Å². The van der Waals surface area contributed by atoms with Gasteiger partial charge in [0.05, 0.1) is 0 Å². The van der Waals surface area contributed by atoms with Crippen LogP contribution < -0.4 is 14.2 Å². The number of anilines is 1. The summed E-state index contributed by atoms with van der Waals surface area (Å²) in [4.78, 5) is 12.0. The number of ether oxygens (including phenoxy) is 2. The van der Waals surface area contributed by atoms with Crippen molar-refractivity contribution < 1.29 is 22.7 Å². The molecular formula is C22H21ClN2O5S. The Balaban J connectivity index is 1.52. The molecule has 0 aliphatic heterocycles. The molecular weight excluding hydrogens is 440 g/mol. The first-order valence-electron chi connectivity index (χ1n) is 9.34. The summed E-state index contributed by atoms with van der Waals surface area (Å²) in [5.41, 5.74) is 1.82. The van der Waals surface area contributed by atoms with E-state index < -0.39 is 16.2 Å². The maximum atomic E-state index is 12.3. The Bertz CT molecular complexity index is 1110. The number of halogens is 1. The lowest BCUT2D eigenvalue weighted by atomic mass is 10.2. The second-order valence-corrected chi connectivity index (χ2v) is 8.41. The van der Waals surface area contributed by atoms with Crippen LogP contribution in [0.3, 0.4) is 0 Å². The predicted molar refractivity (Wildman–Crippen MR) is 119 cm³/mol. The van der Waals surface area contributed by atoms with Crippen molar-refractivity contribution in [1.29, 1.82) is 0 Å². The third-order valence-electron chi connectivity index (χ3n) is 4.11. The Morgan fingerprint density at radius 2 is 1.58 bits per heavy atom. The molecule has 162 valence electrons. The molecule has 3 aromatic rings. The molecule has 0 heterocycles. The van der Waals surface area contributed by atoms with Crippen LogP contribution in [-0.4, -0.2) is 21.0 Å². The Labute approximate surface area is 186 Å². The van der Waals surface area contributed by atoms with Gasteiger partial charge in [0.25, 0.3) is 10.2 Å². The number of hydrogen-bond donors (Lipinski definition) is 2. The minimum absolute atomic E-state index is 0.0296. The Morgan fingerprint density at radius 3 is 2.32 bits per heavy atom. The molecule has 0 aliphatic carbocycles. The highest BCUT2D eigenvalue weighted by Gasteiger charge is 2.13. The number of hydrogen-bond acceptors (Lipinski definition) is 5. The summed E-state index contributed by atoms with van der Waals surface area (Å²) < 4.78 is 40.1. The van der Waals surface area contributed by atoms with E-state index in [1.54, 1.807) is 48.5 Å². The Hall–Kier alpha value is -3.07. The lowest BCUT2D eigenvalue weighted by molar-refractivity contribution is -0.147. The summed E-state index contributed by atoms with van der Waals surface area (Å²) in [7, 11) is -3.82. The number of rotatable bonds is 10. The molecule has 0 amide bonds. The van der Waals surface area contributed by atoms with E-state index in [-0.39, 0.29) is 19.8 Å². The molecule has 9 heteroatoms. The molecule has 0 atom stereocenters. The molecule has 0 fully saturated rings. The van der Waals surface area contributed by atoms with Gasteiger partial charge in [0.1, 0.15) is 12.4 Å². The van der Waals surface area contributed by atoms with Crippen LogP contribution >= 0.6 is 11.6 Å². The van der Waals surface area contributed by atoms with Crippen molar-refractivity contribution in [3.8, 4) is 5.75 Å². The number of benzene rings is 3. The highest BCUT2D eigenvalue weighted by molar-refractivity contribution is 7.90. The molecule has 0 saturated carbocycles. The molecule has 7 nitrogen and oxygen atoms in total. The van der Waals surface area contributed by atoms with E-state index in [9.17, 15) is 13.2 Å². The summed E-state index contributed by atoms with van der Waals surface area (Å²) in [5.74, 6) is -0.142. The first kappa shape index (κ1) is 22.6. The van der Waals surface area contributed by atoms with E-state index in [1.165, 1.54) is 0 Å². The molecule has 0 aromatic heterocycles. The predicted octanol–water partition coefficient (Wildman–Crippen LogP) is 3.91. The summed E-state index contributed by atoms with van der Waals surface area (Å²) in [6, 6.07) is 22.4. The van der Waals surface area contributed by atoms with Gasteiger partial charge in [-0.15, -0.1) is 0 Å². The topological polar surface area (TPSA) is 93.7 Å². The van der Waals surface area contributed by atoms with Crippen LogP contribution in [0.2, 0.25) is 5.02 Å². The van der Waals surface area contributed by atoms with Crippen LogP contribution in [0.4, 0.5) is 5.69 Å². The van der Waals surface area contributed by atoms with Crippen LogP contribution in [0.25, 0.3) is 0 Å². The molecule has 0 spiro atoms. The smallest absolute Gasteiger partial charge is 0.344 e. The van der Waals surface area contributed by atoms with Gasteiger partial charge in [0.2, 0.25) is 0 Å². The maximum Gasteiger partial charge on any atom is 0.344 e. The molecule has 0 unspecified atom stereocenters. The summed E-state index contributed by atoms with van der Waals surface area (Å²) in [6.07, 6.45) is 0. The summed E-state index contributed by atoms with van der Waals surface area (Å²) in [6.45, 7) is -0.168. The average molecular weight is 461 g/mol. The lowest BCUT2D eigenvalue weighted by Gasteiger charge is -2.13. The van der Waals surface area contributed by atoms with Gasteiger partial charge in [-0.3, -0.25) is 4.72 Å². The zero-order valence-electron chi connectivity index (χ0n) is 16.5. The molecule has 3 rings (SSSR count). The van der Waals surface area contributed by atoms with Gasteiger partial charge in [-0.05, 0) is 35.9 Å². The minimum atomic E-state index is -3.82. The Kier molecular flexibility index (Phi) is 7.88. The van der Waals surface area contributed by atoms with Crippen LogP contribution in [0.15, 0.2) is 78.9 Å². The van der Waals surface area contributed by atoms with Gasteiger partial charge >= 0.3 is 5.97 Å². The van der Waals surface area contributed by atoms with Crippen LogP contribution in [0.1, 0.15) is 11.1 Å². The molecule has 3 aromatic carbocycles. The van der Waals surface area contributed by atoms with Gasteiger partial charge in [0.15, 0.2) is 6.61 Å². The first-order valence-corrected chi connectivity index (χ1v) is 11.2. The van der Waals surface area contributed by atoms with E-state index >= 15 is 0 Å². The van der Waals surface area contributed by atoms with Crippen LogP contribution in [-0.2, 0) is 32.9 Å². The second kappa shape index (κ2) is 10.8. The van der Waals surface area contributed by atoms with Gasteiger partial charge in [0, 0.05) is 22.8 Å². The number of nitrogens with one attached hydrogen (secondary N) is 2. The fraction of sp³-hybridized carbons (Fsp3) is 0.136. The maximum absolute atomic E-state index is 12.3.